The molecule has 1 aliphatic heterocycles. The molecule has 7 heteroatoms. The molecule has 2 atom stereocenters. The lowest BCUT2D eigenvalue weighted by molar-refractivity contribution is 0.0902. The van der Waals surface area contributed by atoms with E-state index in [4.69, 9.17) is 4.74 Å². The normalized spacial score (nSPS) is 21.5. The van der Waals surface area contributed by atoms with Gasteiger partial charge in [0.25, 0.3) is 0 Å². The molecule has 0 aromatic heterocycles. The molecule has 0 radical (unpaired) electrons. The van der Waals surface area contributed by atoms with Crippen molar-refractivity contribution in [3.05, 3.63) is 29.8 Å². The fraction of sp³-hybridized carbons (Fsp3) is 0.500. The Morgan fingerprint density at radius 2 is 2.16 bits per heavy atom. The molecule has 1 aromatic rings. The van der Waals surface area contributed by atoms with Gasteiger partial charge in [0.15, 0.2) is 0 Å². The maximum Gasteiger partial charge on any atom is 0.243 e. The van der Waals surface area contributed by atoms with Gasteiger partial charge in [0.05, 0.1) is 6.10 Å². The molecule has 19 heavy (non-hydrogen) atoms. The topological polar surface area (TPSA) is 55.4 Å². The van der Waals surface area contributed by atoms with E-state index in [2.05, 4.69) is 4.72 Å². The highest BCUT2D eigenvalue weighted by atomic mass is 32.2. The third kappa shape index (κ3) is 3.29. The summed E-state index contributed by atoms with van der Waals surface area (Å²) < 4.78 is 58.0. The molecule has 0 aliphatic carbocycles. The highest BCUT2D eigenvalue weighted by Gasteiger charge is 2.28. The van der Waals surface area contributed by atoms with E-state index in [-0.39, 0.29) is 6.10 Å². The average Bonchev–Trinajstić information content (AvgIpc) is 2.80. The van der Waals surface area contributed by atoms with Crippen LogP contribution in [0.2, 0.25) is 0 Å². The lowest BCUT2D eigenvalue weighted by Crippen LogP contribution is -2.41. The SMILES string of the molecule is CC(NS(=O)(=O)c1ccc(F)cc1F)C1CCCO1. The van der Waals surface area contributed by atoms with E-state index in [1.165, 1.54) is 0 Å². The zero-order valence-electron chi connectivity index (χ0n) is 10.4. The molecule has 2 unspecified atom stereocenters. The zero-order chi connectivity index (χ0) is 14.0. The number of halogens is 2. The first kappa shape index (κ1) is 14.4. The first-order valence-corrected chi connectivity index (χ1v) is 7.47. The van der Waals surface area contributed by atoms with Crippen molar-refractivity contribution in [2.45, 2.75) is 36.8 Å². The van der Waals surface area contributed by atoms with Crippen molar-refractivity contribution in [2.24, 2.45) is 0 Å². The maximum absolute atomic E-state index is 13.5. The number of hydrogen-bond acceptors (Lipinski definition) is 3. The summed E-state index contributed by atoms with van der Waals surface area (Å²) in [7, 11) is -4.02. The Morgan fingerprint density at radius 1 is 1.42 bits per heavy atom. The average molecular weight is 291 g/mol. The highest BCUT2D eigenvalue weighted by Crippen LogP contribution is 2.19. The number of hydrogen-bond donors (Lipinski definition) is 1. The standard InChI is InChI=1S/C12H15F2NO3S/c1-8(11-3-2-6-18-11)15-19(16,17)12-5-4-9(13)7-10(12)14/h4-5,7-8,11,15H,2-3,6H2,1H3. The molecule has 1 heterocycles. The molecule has 1 aromatic carbocycles. The molecule has 2 rings (SSSR count). The fourth-order valence-corrected chi connectivity index (χ4v) is 3.41. The molecule has 0 spiro atoms. The molecular weight excluding hydrogens is 276 g/mol. The van der Waals surface area contributed by atoms with Crippen LogP contribution < -0.4 is 4.72 Å². The second-order valence-electron chi connectivity index (χ2n) is 4.54. The van der Waals surface area contributed by atoms with Gasteiger partial charge in [-0.1, -0.05) is 0 Å². The van der Waals surface area contributed by atoms with Gasteiger partial charge in [-0.25, -0.2) is 21.9 Å². The summed E-state index contributed by atoms with van der Waals surface area (Å²) in [6.45, 7) is 2.26. The van der Waals surface area contributed by atoms with Crippen molar-refractivity contribution in [1.29, 1.82) is 0 Å². The number of rotatable bonds is 4. The minimum absolute atomic E-state index is 0.210. The van der Waals surface area contributed by atoms with E-state index >= 15 is 0 Å². The number of ether oxygens (including phenoxy) is 1. The Balaban J connectivity index is 2.17. The number of nitrogens with one attached hydrogen (secondary N) is 1. The Hall–Kier alpha value is -1.05. The zero-order valence-corrected chi connectivity index (χ0v) is 11.2. The molecule has 1 saturated heterocycles. The van der Waals surface area contributed by atoms with Gasteiger partial charge in [-0.05, 0) is 31.9 Å². The lowest BCUT2D eigenvalue weighted by Gasteiger charge is -2.20. The summed E-state index contributed by atoms with van der Waals surface area (Å²) >= 11 is 0. The van der Waals surface area contributed by atoms with Crippen LogP contribution >= 0.6 is 0 Å². The van der Waals surface area contributed by atoms with Crippen molar-refractivity contribution in [1.82, 2.24) is 4.72 Å². The van der Waals surface area contributed by atoms with E-state index in [1.54, 1.807) is 6.92 Å². The van der Waals surface area contributed by atoms with Gasteiger partial charge in [-0.2, -0.15) is 0 Å². The van der Waals surface area contributed by atoms with Crippen LogP contribution in [0.5, 0.6) is 0 Å². The highest BCUT2D eigenvalue weighted by molar-refractivity contribution is 7.89. The van der Waals surface area contributed by atoms with Crippen molar-refractivity contribution in [3.63, 3.8) is 0 Å². The quantitative estimate of drug-likeness (QED) is 0.920. The van der Waals surface area contributed by atoms with Crippen LogP contribution in [0.25, 0.3) is 0 Å². The minimum atomic E-state index is -4.02. The lowest BCUT2D eigenvalue weighted by atomic mass is 10.1. The van der Waals surface area contributed by atoms with E-state index in [0.717, 1.165) is 25.0 Å². The Bertz CT molecular complexity index is 556. The van der Waals surface area contributed by atoms with Crippen molar-refractivity contribution >= 4 is 10.0 Å². The fourth-order valence-electron chi connectivity index (χ4n) is 2.07. The Morgan fingerprint density at radius 3 is 2.74 bits per heavy atom. The van der Waals surface area contributed by atoms with Gasteiger partial charge in [-0.3, -0.25) is 0 Å². The number of benzene rings is 1. The predicted molar refractivity (Wildman–Crippen MR) is 65.1 cm³/mol. The van der Waals surface area contributed by atoms with Gasteiger partial charge in [0.1, 0.15) is 16.5 Å². The van der Waals surface area contributed by atoms with Gasteiger partial charge in [-0.15, -0.1) is 0 Å². The van der Waals surface area contributed by atoms with Gasteiger partial charge < -0.3 is 4.74 Å². The van der Waals surface area contributed by atoms with Crippen molar-refractivity contribution in [2.75, 3.05) is 6.61 Å². The maximum atomic E-state index is 13.5. The van der Waals surface area contributed by atoms with E-state index in [1.807, 2.05) is 0 Å². The largest absolute Gasteiger partial charge is 0.377 e. The van der Waals surface area contributed by atoms with Crippen LogP contribution in [0, 0.1) is 11.6 Å². The summed E-state index contributed by atoms with van der Waals surface area (Å²) in [5.41, 5.74) is 0. The first-order valence-electron chi connectivity index (χ1n) is 5.99. The second-order valence-corrected chi connectivity index (χ2v) is 6.22. The Labute approximate surface area is 110 Å². The summed E-state index contributed by atoms with van der Waals surface area (Å²) in [5, 5.41) is 0. The van der Waals surface area contributed by atoms with Crippen LogP contribution in [0.3, 0.4) is 0 Å². The van der Waals surface area contributed by atoms with Crippen LogP contribution in [-0.2, 0) is 14.8 Å². The van der Waals surface area contributed by atoms with Gasteiger partial charge >= 0.3 is 0 Å². The third-order valence-corrected chi connectivity index (χ3v) is 4.64. The molecule has 0 bridgehead atoms. The third-order valence-electron chi connectivity index (χ3n) is 3.05. The molecule has 4 nitrogen and oxygen atoms in total. The molecular formula is C12H15F2NO3S. The van der Waals surface area contributed by atoms with E-state index in [0.29, 0.717) is 12.7 Å². The molecule has 106 valence electrons. The summed E-state index contributed by atoms with van der Waals surface area (Å²) in [4.78, 5) is -0.557. The van der Waals surface area contributed by atoms with Crippen LogP contribution in [0.1, 0.15) is 19.8 Å². The molecule has 0 saturated carbocycles. The molecule has 1 fully saturated rings. The summed E-state index contributed by atoms with van der Waals surface area (Å²) in [5.74, 6) is -1.92. The molecule has 1 N–H and O–H groups in total. The minimum Gasteiger partial charge on any atom is -0.377 e. The van der Waals surface area contributed by atoms with E-state index in [9.17, 15) is 17.2 Å². The number of sulfonamides is 1. The smallest absolute Gasteiger partial charge is 0.243 e. The van der Waals surface area contributed by atoms with Crippen LogP contribution in [-0.4, -0.2) is 27.2 Å². The van der Waals surface area contributed by atoms with E-state index < -0.39 is 32.6 Å². The van der Waals surface area contributed by atoms with Crippen molar-refractivity contribution < 1.29 is 21.9 Å². The van der Waals surface area contributed by atoms with Crippen molar-refractivity contribution in [3.8, 4) is 0 Å². The summed E-state index contributed by atoms with van der Waals surface area (Å²) in [6.07, 6.45) is 1.43. The second kappa shape index (κ2) is 5.52. The van der Waals surface area contributed by atoms with Crippen LogP contribution in [0.15, 0.2) is 23.1 Å². The first-order chi connectivity index (χ1) is 8.90. The van der Waals surface area contributed by atoms with Crippen LogP contribution in [0.4, 0.5) is 8.78 Å². The summed E-state index contributed by atoms with van der Waals surface area (Å²) in [6, 6.07) is 1.91. The van der Waals surface area contributed by atoms with Gasteiger partial charge in [0, 0.05) is 18.7 Å². The van der Waals surface area contributed by atoms with Gasteiger partial charge in [0.2, 0.25) is 10.0 Å². The predicted octanol–water partition coefficient (Wildman–Crippen LogP) is 1.81. The molecule has 0 amide bonds. The monoisotopic (exact) mass is 291 g/mol. The molecule has 1 aliphatic rings. The Kier molecular flexibility index (Phi) is 4.17.